The summed E-state index contributed by atoms with van der Waals surface area (Å²) in [5.74, 6) is 0.239. The minimum absolute atomic E-state index is 0.139. The first-order valence-electron chi connectivity index (χ1n) is 14.8. The van der Waals surface area contributed by atoms with Crippen LogP contribution in [0.1, 0.15) is 65.4 Å². The summed E-state index contributed by atoms with van der Waals surface area (Å²) in [5.41, 5.74) is 3.98. The molecular formula is C34H41N2O6S+. The van der Waals surface area contributed by atoms with E-state index in [2.05, 4.69) is 35.9 Å². The number of nitrogens with one attached hydrogen (secondary N) is 1. The predicted molar refractivity (Wildman–Crippen MR) is 170 cm³/mol. The molecule has 2 aromatic rings. The van der Waals surface area contributed by atoms with Crippen molar-refractivity contribution in [2.24, 2.45) is 5.41 Å². The van der Waals surface area contributed by atoms with E-state index in [0.717, 1.165) is 52.4 Å². The molecule has 43 heavy (non-hydrogen) atoms. The number of nitrogens with zero attached hydrogens (tertiary/aromatic N) is 1. The minimum atomic E-state index is -4.26. The predicted octanol–water partition coefficient (Wildman–Crippen LogP) is 4.78. The van der Waals surface area contributed by atoms with Crippen molar-refractivity contribution >= 4 is 33.4 Å². The van der Waals surface area contributed by atoms with E-state index in [1.807, 2.05) is 62.4 Å². The fourth-order valence-corrected chi connectivity index (χ4v) is 7.06. The molecule has 3 aliphatic rings. The Morgan fingerprint density at radius 3 is 2.49 bits per heavy atom. The highest BCUT2D eigenvalue weighted by molar-refractivity contribution is 7.86. The van der Waals surface area contributed by atoms with Crippen LogP contribution < -0.4 is 25.2 Å². The maximum Gasteiger partial charge on any atom is 0.303 e. The number of carbonyl (C=O) groups is 1. The van der Waals surface area contributed by atoms with Gasteiger partial charge in [-0.1, -0.05) is 32.0 Å². The smallest absolute Gasteiger partial charge is 0.303 e. The summed E-state index contributed by atoms with van der Waals surface area (Å²) in [6, 6.07) is 14.1. The second-order valence-electron chi connectivity index (χ2n) is 12.9. The summed E-state index contributed by atoms with van der Waals surface area (Å²) in [7, 11) is -4.26. The van der Waals surface area contributed by atoms with E-state index >= 15 is 0 Å². The molecule has 2 aromatic carbocycles. The number of aliphatic carboxylic acids is 1. The molecule has 1 aliphatic carbocycles. The van der Waals surface area contributed by atoms with Crippen LogP contribution in [0.4, 0.5) is 5.69 Å². The number of para-hydroxylation sites is 1. The number of ether oxygens (including phenoxy) is 1. The topological polar surface area (TPSA) is 116 Å². The van der Waals surface area contributed by atoms with Gasteiger partial charge in [0.2, 0.25) is 5.36 Å². The van der Waals surface area contributed by atoms with Crippen LogP contribution in [0.5, 0.6) is 5.75 Å². The van der Waals surface area contributed by atoms with Gasteiger partial charge in [0.1, 0.15) is 23.8 Å². The molecule has 8 nitrogen and oxygen atoms in total. The highest BCUT2D eigenvalue weighted by Gasteiger charge is 2.37. The van der Waals surface area contributed by atoms with E-state index in [9.17, 15) is 17.8 Å². The molecule has 0 atom stereocenters. The van der Waals surface area contributed by atoms with Gasteiger partial charge in [-0.15, -0.1) is 0 Å². The monoisotopic (exact) mass is 605 g/mol. The van der Waals surface area contributed by atoms with Crippen LogP contribution in [0.15, 0.2) is 71.5 Å². The van der Waals surface area contributed by atoms with Crippen molar-refractivity contribution in [3.8, 4) is 5.75 Å². The SMILES string of the molecule is CC1(C)CC(CNc2ccccc2)=CC2=C1C=c1cc3c(cc1O2)=[N+](CCCCCC(=O)O)C(C)(C)C=C3CS(=O)(=O)O. The van der Waals surface area contributed by atoms with Crippen LogP contribution >= 0.6 is 0 Å². The molecule has 0 saturated carbocycles. The van der Waals surface area contributed by atoms with E-state index < -0.39 is 27.4 Å². The molecule has 0 radical (unpaired) electrons. The maximum absolute atomic E-state index is 12.0. The van der Waals surface area contributed by atoms with Gasteiger partial charge in [-0.25, -0.2) is 4.58 Å². The molecule has 5 rings (SSSR count). The van der Waals surface area contributed by atoms with E-state index in [1.54, 1.807) is 0 Å². The molecule has 2 aliphatic heterocycles. The van der Waals surface area contributed by atoms with Gasteiger partial charge >= 0.3 is 5.97 Å². The van der Waals surface area contributed by atoms with Crippen LogP contribution in [-0.4, -0.2) is 48.4 Å². The van der Waals surface area contributed by atoms with E-state index in [-0.39, 0.29) is 11.8 Å². The highest BCUT2D eigenvalue weighted by Crippen LogP contribution is 2.42. The number of hydrogen-bond acceptors (Lipinski definition) is 5. The van der Waals surface area contributed by atoms with Crippen molar-refractivity contribution in [2.75, 3.05) is 24.2 Å². The number of hydrogen-bond donors (Lipinski definition) is 3. The van der Waals surface area contributed by atoms with E-state index in [4.69, 9.17) is 9.84 Å². The number of carboxylic acids is 1. The zero-order valence-electron chi connectivity index (χ0n) is 25.3. The van der Waals surface area contributed by atoms with Crippen molar-refractivity contribution in [2.45, 2.75) is 65.3 Å². The van der Waals surface area contributed by atoms with Crippen LogP contribution in [-0.2, 0) is 14.9 Å². The quantitative estimate of drug-likeness (QED) is 0.192. The number of anilines is 1. The zero-order chi connectivity index (χ0) is 31.0. The average molecular weight is 606 g/mol. The number of carboxylic acid groups (broad SMARTS) is 1. The Morgan fingerprint density at radius 1 is 1.05 bits per heavy atom. The van der Waals surface area contributed by atoms with Gasteiger partial charge in [-0.05, 0) is 72.3 Å². The van der Waals surface area contributed by atoms with Gasteiger partial charge < -0.3 is 15.2 Å². The Kier molecular flexibility index (Phi) is 8.42. The van der Waals surface area contributed by atoms with Crippen molar-refractivity contribution in [3.05, 3.63) is 87.7 Å². The van der Waals surface area contributed by atoms with Crippen molar-refractivity contribution in [1.29, 1.82) is 0 Å². The normalized spacial score (nSPS) is 18.3. The van der Waals surface area contributed by atoms with Gasteiger partial charge in [0.15, 0.2) is 5.54 Å². The fraction of sp³-hybridized carbons (Fsp3) is 0.412. The molecule has 0 aromatic heterocycles. The number of allylic oxidation sites excluding steroid dienone is 2. The maximum atomic E-state index is 12.0. The molecule has 0 fully saturated rings. The Hall–Kier alpha value is -3.69. The Morgan fingerprint density at radius 2 is 1.79 bits per heavy atom. The van der Waals surface area contributed by atoms with E-state index in [1.165, 1.54) is 5.57 Å². The second kappa shape index (κ2) is 11.8. The number of benzene rings is 2. The van der Waals surface area contributed by atoms with Crippen LogP contribution in [0.3, 0.4) is 0 Å². The molecule has 0 bridgehead atoms. The summed E-state index contributed by atoms with van der Waals surface area (Å²) >= 11 is 0. The lowest BCUT2D eigenvalue weighted by Crippen LogP contribution is -2.50. The van der Waals surface area contributed by atoms with Gasteiger partial charge in [-0.2, -0.15) is 8.42 Å². The summed E-state index contributed by atoms with van der Waals surface area (Å²) < 4.78 is 42.7. The highest BCUT2D eigenvalue weighted by atomic mass is 32.2. The third-order valence-electron chi connectivity index (χ3n) is 8.41. The molecule has 0 saturated heterocycles. The van der Waals surface area contributed by atoms with Crippen LogP contribution in [0, 0.1) is 5.41 Å². The van der Waals surface area contributed by atoms with Gasteiger partial charge in [0, 0.05) is 49.7 Å². The first-order valence-corrected chi connectivity index (χ1v) is 16.4. The first kappa shape index (κ1) is 30.8. The zero-order valence-corrected chi connectivity index (χ0v) is 26.1. The number of fused-ring (bicyclic) bond motifs is 2. The summed E-state index contributed by atoms with van der Waals surface area (Å²) in [6.07, 6.45) is 9.34. The first-order chi connectivity index (χ1) is 20.2. The molecule has 0 amide bonds. The van der Waals surface area contributed by atoms with Crippen molar-refractivity contribution in [3.63, 3.8) is 0 Å². The van der Waals surface area contributed by atoms with Crippen molar-refractivity contribution in [1.82, 2.24) is 4.58 Å². The Bertz CT molecular complexity index is 1770. The van der Waals surface area contributed by atoms with Crippen LogP contribution in [0.2, 0.25) is 0 Å². The lowest BCUT2D eigenvalue weighted by molar-refractivity contribution is -0.137. The van der Waals surface area contributed by atoms with Crippen LogP contribution in [0.25, 0.3) is 11.6 Å². The fourth-order valence-electron chi connectivity index (χ4n) is 6.43. The standard InChI is InChI=1S/C34H40N2O6S/c1-33(2)19-23(21-35-26-11-7-5-8-12-26)15-31-28(33)17-24-16-27-25(22-43(39,40)41)20-34(3,4)36(29(27)18-30(24)42-31)14-10-6-9-13-32(37)38/h5,7-8,11-12,15-18,20,35H,6,9-10,13-14,19,21-22H2,1-4H3,(H-,37,38,39,40,41)/p+1. The third-order valence-corrected chi connectivity index (χ3v) is 9.09. The average Bonchev–Trinajstić information content (AvgIpc) is 2.90. The third kappa shape index (κ3) is 7.11. The molecule has 9 heteroatoms. The Labute approximate surface area is 253 Å². The van der Waals surface area contributed by atoms with Gasteiger partial charge in [0.05, 0.1) is 11.6 Å². The second-order valence-corrected chi connectivity index (χ2v) is 14.4. The molecule has 3 N–H and O–H groups in total. The molecule has 2 heterocycles. The summed E-state index contributed by atoms with van der Waals surface area (Å²) in [5, 5.41) is 14.2. The largest absolute Gasteiger partial charge is 0.481 e. The lowest BCUT2D eigenvalue weighted by Gasteiger charge is -2.35. The number of unbranched alkanes of at least 4 members (excludes halogenated alkanes) is 2. The minimum Gasteiger partial charge on any atom is -0.481 e. The summed E-state index contributed by atoms with van der Waals surface area (Å²) in [4.78, 5) is 11.0. The van der Waals surface area contributed by atoms with E-state index in [0.29, 0.717) is 30.8 Å². The molecular weight excluding hydrogens is 564 g/mol. The van der Waals surface area contributed by atoms with Gasteiger partial charge in [0.25, 0.3) is 10.1 Å². The molecule has 0 unspecified atom stereocenters. The number of rotatable bonds is 11. The van der Waals surface area contributed by atoms with Crippen molar-refractivity contribution < 1.29 is 27.6 Å². The molecule has 0 spiro atoms. The lowest BCUT2D eigenvalue weighted by atomic mass is 9.73. The van der Waals surface area contributed by atoms with Gasteiger partial charge in [-0.3, -0.25) is 9.35 Å². The summed E-state index contributed by atoms with van der Waals surface area (Å²) in [6.45, 7) is 9.82. The Balaban J connectivity index is 1.55. The molecule has 228 valence electrons.